The highest BCUT2D eigenvalue weighted by Gasteiger charge is 1.98. The molecule has 1 aromatic rings. The van der Waals surface area contributed by atoms with Crippen LogP contribution in [-0.4, -0.2) is 20.9 Å². The second-order valence-corrected chi connectivity index (χ2v) is 1.59. The van der Waals surface area contributed by atoms with Crippen LogP contribution in [0, 0.1) is 0 Å². The molecule has 0 saturated heterocycles. The number of nitrogens with zero attached hydrogens (tertiary/aromatic N) is 3. The molecule has 0 spiro atoms. The molecular formula is C5H7N3O. The molecule has 1 rings (SSSR count). The Morgan fingerprint density at radius 3 is 3.00 bits per heavy atom. The van der Waals surface area contributed by atoms with E-state index in [1.807, 2.05) is 0 Å². The fourth-order valence-electron chi connectivity index (χ4n) is 0.503. The summed E-state index contributed by atoms with van der Waals surface area (Å²) >= 11 is 0. The molecule has 0 atom stereocenters. The molecular weight excluding hydrogens is 118 g/mol. The van der Waals surface area contributed by atoms with Crippen molar-refractivity contribution < 1.29 is 4.79 Å². The van der Waals surface area contributed by atoms with Crippen LogP contribution in [-0.2, 0) is 0 Å². The maximum absolute atomic E-state index is 10.7. The topological polar surface area (TPSA) is 47.8 Å². The van der Waals surface area contributed by atoms with Crippen LogP contribution in [0.25, 0.3) is 0 Å². The Kier molecular flexibility index (Phi) is 1.58. The lowest BCUT2D eigenvalue weighted by atomic mass is 10.5. The Labute approximate surface area is 52.5 Å². The zero-order valence-corrected chi connectivity index (χ0v) is 5.11. The van der Waals surface area contributed by atoms with E-state index in [2.05, 4.69) is 10.3 Å². The molecule has 1 heterocycles. The van der Waals surface area contributed by atoms with Crippen molar-refractivity contribution in [3.05, 3.63) is 12.4 Å². The fourth-order valence-corrected chi connectivity index (χ4v) is 0.503. The van der Waals surface area contributed by atoms with Gasteiger partial charge in [0.2, 0.25) is 5.91 Å². The van der Waals surface area contributed by atoms with Gasteiger partial charge >= 0.3 is 0 Å². The zero-order valence-electron chi connectivity index (χ0n) is 5.11. The molecule has 4 nitrogen and oxygen atoms in total. The maximum Gasteiger partial charge on any atom is 0.247 e. The highest BCUT2D eigenvalue weighted by Crippen LogP contribution is 1.84. The number of carbonyl (C=O) groups excluding carboxylic acids is 1. The van der Waals surface area contributed by atoms with Gasteiger partial charge in [0.05, 0.1) is 12.4 Å². The van der Waals surface area contributed by atoms with E-state index in [1.54, 1.807) is 6.92 Å². The first-order chi connectivity index (χ1) is 4.34. The molecule has 1 aromatic heterocycles. The van der Waals surface area contributed by atoms with Crippen LogP contribution < -0.4 is 0 Å². The van der Waals surface area contributed by atoms with Gasteiger partial charge in [-0.3, -0.25) is 4.79 Å². The first-order valence-corrected chi connectivity index (χ1v) is 2.74. The van der Waals surface area contributed by atoms with Crippen molar-refractivity contribution >= 4 is 5.91 Å². The summed E-state index contributed by atoms with van der Waals surface area (Å²) < 4.78 is 1.22. The van der Waals surface area contributed by atoms with E-state index < -0.39 is 0 Å². The minimum absolute atomic E-state index is 0.0347. The van der Waals surface area contributed by atoms with Crippen molar-refractivity contribution in [2.45, 2.75) is 13.3 Å². The summed E-state index contributed by atoms with van der Waals surface area (Å²) in [6, 6.07) is 0. The molecule has 48 valence electrons. The number of rotatable bonds is 1. The minimum Gasteiger partial charge on any atom is -0.273 e. The molecule has 0 N–H and O–H groups in total. The highest BCUT2D eigenvalue weighted by atomic mass is 16.2. The predicted octanol–water partition coefficient (Wildman–Crippen LogP) is 0.328. The van der Waals surface area contributed by atoms with Crippen LogP contribution in [0.4, 0.5) is 0 Å². The van der Waals surface area contributed by atoms with Crippen molar-refractivity contribution in [1.82, 2.24) is 15.0 Å². The molecule has 0 unspecified atom stereocenters. The van der Waals surface area contributed by atoms with Crippen LogP contribution in [0.15, 0.2) is 12.4 Å². The summed E-state index contributed by atoms with van der Waals surface area (Å²) in [5, 5.41) is 6.99. The van der Waals surface area contributed by atoms with Crippen LogP contribution in [0.5, 0.6) is 0 Å². The Balaban J connectivity index is 2.77. The molecule has 0 radical (unpaired) electrons. The average Bonchev–Trinajstić information content (AvgIpc) is 2.37. The Hall–Kier alpha value is -1.19. The van der Waals surface area contributed by atoms with E-state index in [1.165, 1.54) is 17.1 Å². The lowest BCUT2D eigenvalue weighted by molar-refractivity contribution is 0.0890. The van der Waals surface area contributed by atoms with Crippen LogP contribution >= 0.6 is 0 Å². The van der Waals surface area contributed by atoms with Gasteiger partial charge in [0.15, 0.2) is 0 Å². The Morgan fingerprint density at radius 2 is 2.56 bits per heavy atom. The summed E-state index contributed by atoms with van der Waals surface area (Å²) in [6.07, 6.45) is 3.47. The van der Waals surface area contributed by atoms with E-state index in [-0.39, 0.29) is 5.91 Å². The highest BCUT2D eigenvalue weighted by molar-refractivity contribution is 5.77. The molecule has 0 aliphatic rings. The molecule has 4 heteroatoms. The van der Waals surface area contributed by atoms with E-state index in [4.69, 9.17) is 0 Å². The number of hydrogen-bond acceptors (Lipinski definition) is 3. The fraction of sp³-hybridized carbons (Fsp3) is 0.400. The van der Waals surface area contributed by atoms with Gasteiger partial charge in [0.1, 0.15) is 0 Å². The standard InChI is InChI=1S/C5H7N3O/c1-2-5(9)8-4-3-6-7-8/h3-4H,2H2,1H3. The number of carbonyl (C=O) groups is 1. The van der Waals surface area contributed by atoms with Gasteiger partial charge in [-0.05, 0) is 0 Å². The molecule has 0 amide bonds. The Morgan fingerprint density at radius 1 is 1.78 bits per heavy atom. The summed E-state index contributed by atoms with van der Waals surface area (Å²) in [7, 11) is 0. The quantitative estimate of drug-likeness (QED) is 0.543. The van der Waals surface area contributed by atoms with Crippen molar-refractivity contribution in [3.63, 3.8) is 0 Å². The van der Waals surface area contributed by atoms with Crippen molar-refractivity contribution in [1.29, 1.82) is 0 Å². The Bertz CT molecular complexity index is 192. The summed E-state index contributed by atoms with van der Waals surface area (Å²) in [5.74, 6) is -0.0347. The first kappa shape index (κ1) is 5.94. The van der Waals surface area contributed by atoms with Crippen molar-refractivity contribution in [3.8, 4) is 0 Å². The van der Waals surface area contributed by atoms with Gasteiger partial charge in [-0.1, -0.05) is 12.1 Å². The van der Waals surface area contributed by atoms with E-state index in [9.17, 15) is 4.79 Å². The monoisotopic (exact) mass is 125 g/mol. The van der Waals surface area contributed by atoms with Crippen molar-refractivity contribution in [2.75, 3.05) is 0 Å². The molecule has 0 aromatic carbocycles. The molecule has 0 bridgehead atoms. The molecule has 0 aliphatic carbocycles. The van der Waals surface area contributed by atoms with Gasteiger partial charge in [-0.2, -0.15) is 4.68 Å². The number of hydrogen-bond donors (Lipinski definition) is 0. The first-order valence-electron chi connectivity index (χ1n) is 2.74. The molecule has 9 heavy (non-hydrogen) atoms. The smallest absolute Gasteiger partial charge is 0.247 e. The molecule has 0 fully saturated rings. The van der Waals surface area contributed by atoms with Gasteiger partial charge < -0.3 is 0 Å². The third-order valence-electron chi connectivity index (χ3n) is 0.981. The normalized spacial score (nSPS) is 9.44. The second-order valence-electron chi connectivity index (χ2n) is 1.59. The largest absolute Gasteiger partial charge is 0.273 e. The van der Waals surface area contributed by atoms with Crippen LogP contribution in [0.2, 0.25) is 0 Å². The minimum atomic E-state index is -0.0347. The summed E-state index contributed by atoms with van der Waals surface area (Å²) in [5.41, 5.74) is 0. The van der Waals surface area contributed by atoms with E-state index in [0.717, 1.165) is 0 Å². The third kappa shape index (κ3) is 1.13. The summed E-state index contributed by atoms with van der Waals surface area (Å²) in [4.78, 5) is 10.7. The van der Waals surface area contributed by atoms with Gasteiger partial charge in [0.25, 0.3) is 0 Å². The van der Waals surface area contributed by atoms with Gasteiger partial charge in [-0.15, -0.1) is 5.10 Å². The summed E-state index contributed by atoms with van der Waals surface area (Å²) in [6.45, 7) is 1.78. The molecule has 0 aliphatic heterocycles. The van der Waals surface area contributed by atoms with Gasteiger partial charge in [-0.25, -0.2) is 0 Å². The number of aromatic nitrogens is 3. The SMILES string of the molecule is CCC(=O)n1ccnn1. The lowest BCUT2D eigenvalue weighted by Gasteiger charge is -1.90. The van der Waals surface area contributed by atoms with E-state index in [0.29, 0.717) is 6.42 Å². The maximum atomic E-state index is 10.7. The predicted molar refractivity (Wildman–Crippen MR) is 30.9 cm³/mol. The molecule has 0 saturated carbocycles. The van der Waals surface area contributed by atoms with E-state index >= 15 is 0 Å². The van der Waals surface area contributed by atoms with Crippen LogP contribution in [0.3, 0.4) is 0 Å². The lowest BCUT2D eigenvalue weighted by Crippen LogP contribution is -2.09. The van der Waals surface area contributed by atoms with Crippen LogP contribution in [0.1, 0.15) is 18.1 Å². The third-order valence-corrected chi connectivity index (χ3v) is 0.981. The second kappa shape index (κ2) is 2.39. The average molecular weight is 125 g/mol. The zero-order chi connectivity index (χ0) is 6.69. The van der Waals surface area contributed by atoms with Gasteiger partial charge in [0, 0.05) is 6.42 Å². The van der Waals surface area contributed by atoms with Crippen molar-refractivity contribution in [2.24, 2.45) is 0 Å².